The maximum Gasteiger partial charge on any atom is 0.0992 e. The molecule has 0 radical (unpaired) electrons. The zero-order valence-electron chi connectivity index (χ0n) is 29.1. The quantitative estimate of drug-likeness (QED) is 0.181. The Hall–Kier alpha value is -7.66. The molecule has 0 aliphatic carbocycles. The van der Waals surface area contributed by atoms with Crippen LogP contribution >= 0.6 is 0 Å². The minimum absolute atomic E-state index is 0.593. The van der Waals surface area contributed by atoms with Gasteiger partial charge in [0.05, 0.1) is 45.3 Å². The first-order chi connectivity index (χ1) is 26.7. The van der Waals surface area contributed by atoms with Gasteiger partial charge >= 0.3 is 0 Å². The molecule has 0 unspecified atom stereocenters. The molecule has 10 rings (SSSR count). The number of aromatic nitrogens is 2. The molecule has 54 heavy (non-hydrogen) atoms. The molecule has 0 spiro atoms. The van der Waals surface area contributed by atoms with Gasteiger partial charge in [-0.05, 0) is 88.5 Å². The van der Waals surface area contributed by atoms with Crippen LogP contribution in [-0.2, 0) is 0 Å². The van der Waals surface area contributed by atoms with E-state index in [4.69, 9.17) is 0 Å². The van der Waals surface area contributed by atoms with Gasteiger partial charge in [0.25, 0.3) is 0 Å². The van der Waals surface area contributed by atoms with Crippen molar-refractivity contribution in [1.29, 1.82) is 10.5 Å². The predicted molar refractivity (Wildman–Crippen MR) is 221 cm³/mol. The molecule has 0 N–H and O–H groups in total. The summed E-state index contributed by atoms with van der Waals surface area (Å²) in [5, 5.41) is 24.0. The zero-order valence-corrected chi connectivity index (χ0v) is 29.1. The molecule has 0 saturated carbocycles. The highest BCUT2D eigenvalue weighted by atomic mass is 15.0. The lowest BCUT2D eigenvalue weighted by atomic mass is 9.88. The van der Waals surface area contributed by atoms with E-state index < -0.39 is 0 Å². The van der Waals surface area contributed by atoms with Crippen LogP contribution in [0.3, 0.4) is 0 Å². The molecule has 0 atom stereocenters. The van der Waals surface area contributed by atoms with E-state index in [2.05, 4.69) is 161 Å². The van der Waals surface area contributed by atoms with Crippen LogP contribution in [0.1, 0.15) is 11.1 Å². The molecule has 0 aliphatic rings. The Morgan fingerprint density at radius 2 is 0.907 bits per heavy atom. The van der Waals surface area contributed by atoms with E-state index in [1.165, 1.54) is 27.4 Å². The lowest BCUT2D eigenvalue weighted by Gasteiger charge is -2.17. The van der Waals surface area contributed by atoms with Gasteiger partial charge in [0.2, 0.25) is 0 Å². The molecule has 2 aromatic heterocycles. The standard InChI is InChI=1S/C50H30N4/c51-31-33-12-10-15-37(28-33)53-48-27-24-34(32-52)29-46(48)43-26-25-35(30-49(43)53)38-16-4-5-17-39(38)40-18-6-7-19-41(40)44-21-11-22-45-42-20-8-9-23-47(42)54(50(44)45)36-13-2-1-3-14-36/h1-30H. The highest BCUT2D eigenvalue weighted by Gasteiger charge is 2.20. The maximum absolute atomic E-state index is 9.77. The molecule has 2 heterocycles. The van der Waals surface area contributed by atoms with Gasteiger partial charge in [-0.2, -0.15) is 10.5 Å². The first-order valence-corrected chi connectivity index (χ1v) is 18.0. The van der Waals surface area contributed by atoms with Gasteiger partial charge in [0, 0.05) is 38.5 Å². The number of para-hydroxylation sites is 3. The van der Waals surface area contributed by atoms with Crippen LogP contribution in [0.15, 0.2) is 182 Å². The Kier molecular flexibility index (Phi) is 7.22. The molecule has 0 amide bonds. The Morgan fingerprint density at radius 1 is 0.333 bits per heavy atom. The third-order valence-electron chi connectivity index (χ3n) is 10.6. The molecule has 0 fully saturated rings. The number of hydrogen-bond acceptors (Lipinski definition) is 2. The molecule has 8 aromatic carbocycles. The van der Waals surface area contributed by atoms with E-state index in [0.717, 1.165) is 61.0 Å². The van der Waals surface area contributed by atoms with Crippen LogP contribution in [0.4, 0.5) is 0 Å². The average molecular weight is 687 g/mol. The van der Waals surface area contributed by atoms with Crippen molar-refractivity contribution in [2.24, 2.45) is 0 Å². The highest BCUT2D eigenvalue weighted by molar-refractivity contribution is 6.15. The number of benzene rings is 8. The first-order valence-electron chi connectivity index (χ1n) is 18.0. The van der Waals surface area contributed by atoms with Crippen molar-refractivity contribution < 1.29 is 0 Å². The molecule has 0 bridgehead atoms. The fourth-order valence-electron chi connectivity index (χ4n) is 8.25. The lowest BCUT2D eigenvalue weighted by Crippen LogP contribution is -1.96. The average Bonchev–Trinajstić information content (AvgIpc) is 3.76. The van der Waals surface area contributed by atoms with Gasteiger partial charge in [0.1, 0.15) is 0 Å². The first kappa shape index (κ1) is 31.1. The molecule has 0 saturated heterocycles. The highest BCUT2D eigenvalue weighted by Crippen LogP contribution is 2.44. The largest absolute Gasteiger partial charge is 0.309 e. The second-order valence-electron chi connectivity index (χ2n) is 13.6. The summed E-state index contributed by atoms with van der Waals surface area (Å²) in [5.74, 6) is 0. The summed E-state index contributed by atoms with van der Waals surface area (Å²) in [6.07, 6.45) is 0. The Morgan fingerprint density at radius 3 is 1.70 bits per heavy atom. The second kappa shape index (κ2) is 12.5. The SMILES string of the molecule is N#Cc1cccc(-n2c3ccc(C#N)cc3c3ccc(-c4ccccc4-c4ccccc4-c4cccc5c6ccccc6n(-c6ccccc6)c45)cc32)c1. The molecule has 250 valence electrons. The molecule has 4 heteroatoms. The molecule has 10 aromatic rings. The minimum atomic E-state index is 0.593. The van der Waals surface area contributed by atoms with Gasteiger partial charge in [-0.25, -0.2) is 0 Å². The summed E-state index contributed by atoms with van der Waals surface area (Å²) in [7, 11) is 0. The summed E-state index contributed by atoms with van der Waals surface area (Å²) < 4.78 is 4.60. The van der Waals surface area contributed by atoms with Gasteiger partial charge in [0.15, 0.2) is 0 Å². The van der Waals surface area contributed by atoms with Gasteiger partial charge < -0.3 is 9.13 Å². The Labute approximate surface area is 312 Å². The van der Waals surface area contributed by atoms with Crippen LogP contribution in [0, 0.1) is 22.7 Å². The summed E-state index contributed by atoms with van der Waals surface area (Å²) in [4.78, 5) is 0. The van der Waals surface area contributed by atoms with Crippen LogP contribution in [0.25, 0.3) is 88.4 Å². The van der Waals surface area contributed by atoms with Crippen molar-refractivity contribution in [2.45, 2.75) is 0 Å². The normalized spacial score (nSPS) is 11.3. The number of fused-ring (bicyclic) bond motifs is 6. The number of hydrogen-bond donors (Lipinski definition) is 0. The smallest absolute Gasteiger partial charge is 0.0992 e. The number of nitriles is 2. The summed E-state index contributed by atoms with van der Waals surface area (Å²) in [6, 6.07) is 68.0. The molecule has 0 aliphatic heterocycles. The van der Waals surface area contributed by atoms with Crippen LogP contribution in [0.5, 0.6) is 0 Å². The van der Waals surface area contributed by atoms with Crippen LogP contribution in [-0.4, -0.2) is 9.13 Å². The van der Waals surface area contributed by atoms with E-state index in [0.29, 0.717) is 11.1 Å². The predicted octanol–water partition coefficient (Wildman–Crippen LogP) is 12.6. The second-order valence-corrected chi connectivity index (χ2v) is 13.6. The zero-order chi connectivity index (χ0) is 36.2. The van der Waals surface area contributed by atoms with E-state index >= 15 is 0 Å². The molecular weight excluding hydrogens is 657 g/mol. The van der Waals surface area contributed by atoms with E-state index in [9.17, 15) is 10.5 Å². The number of rotatable bonds is 5. The van der Waals surface area contributed by atoms with Crippen molar-refractivity contribution >= 4 is 43.6 Å². The lowest BCUT2D eigenvalue weighted by molar-refractivity contribution is 1.18. The molecular formula is C50H30N4. The topological polar surface area (TPSA) is 57.4 Å². The Balaban J connectivity index is 1.21. The van der Waals surface area contributed by atoms with E-state index in [1.807, 2.05) is 42.5 Å². The van der Waals surface area contributed by atoms with Crippen molar-refractivity contribution in [2.75, 3.05) is 0 Å². The van der Waals surface area contributed by atoms with E-state index in [-0.39, 0.29) is 0 Å². The van der Waals surface area contributed by atoms with Gasteiger partial charge in [-0.3, -0.25) is 0 Å². The summed E-state index contributed by atoms with van der Waals surface area (Å²) in [5.41, 5.74) is 14.4. The van der Waals surface area contributed by atoms with Crippen molar-refractivity contribution in [3.8, 4) is 56.9 Å². The van der Waals surface area contributed by atoms with E-state index in [1.54, 1.807) is 0 Å². The summed E-state index contributed by atoms with van der Waals surface area (Å²) in [6.45, 7) is 0. The fraction of sp³-hybridized carbons (Fsp3) is 0. The third-order valence-corrected chi connectivity index (χ3v) is 10.6. The number of nitrogens with zero attached hydrogens (tertiary/aromatic N) is 4. The van der Waals surface area contributed by atoms with Gasteiger partial charge in [-0.15, -0.1) is 0 Å². The van der Waals surface area contributed by atoms with Crippen LogP contribution in [0.2, 0.25) is 0 Å². The van der Waals surface area contributed by atoms with Crippen LogP contribution < -0.4 is 0 Å². The summed E-state index contributed by atoms with van der Waals surface area (Å²) >= 11 is 0. The molecule has 4 nitrogen and oxygen atoms in total. The monoisotopic (exact) mass is 686 g/mol. The minimum Gasteiger partial charge on any atom is -0.309 e. The fourth-order valence-corrected chi connectivity index (χ4v) is 8.25. The van der Waals surface area contributed by atoms with Crippen molar-refractivity contribution in [3.63, 3.8) is 0 Å². The van der Waals surface area contributed by atoms with Crippen molar-refractivity contribution in [1.82, 2.24) is 9.13 Å². The van der Waals surface area contributed by atoms with Crippen molar-refractivity contribution in [3.05, 3.63) is 193 Å². The Bertz CT molecular complexity index is 3190. The third kappa shape index (κ3) is 4.83. The van der Waals surface area contributed by atoms with Gasteiger partial charge in [-0.1, -0.05) is 121 Å². The maximum atomic E-state index is 9.77.